The fourth-order valence-electron chi connectivity index (χ4n) is 6.94. The van der Waals surface area contributed by atoms with Gasteiger partial charge in [0.2, 0.25) is 0 Å². The van der Waals surface area contributed by atoms with Gasteiger partial charge in [0.1, 0.15) is 23.0 Å². The highest BCUT2D eigenvalue weighted by Gasteiger charge is 2.71. The maximum atomic E-state index is 14.7. The predicted octanol–water partition coefficient (Wildman–Crippen LogP) is 6.91. The lowest BCUT2D eigenvalue weighted by Crippen LogP contribution is -2.48. The Balaban J connectivity index is 1.54. The normalized spacial score (nSPS) is 21.5. The van der Waals surface area contributed by atoms with E-state index in [0.29, 0.717) is 39.3 Å². The van der Waals surface area contributed by atoms with Crippen molar-refractivity contribution in [2.75, 3.05) is 12.0 Å². The van der Waals surface area contributed by atoms with E-state index in [1.807, 2.05) is 29.2 Å². The number of nitrogens with zero attached hydrogens (tertiary/aromatic N) is 1. The molecule has 7 rings (SSSR count). The maximum Gasteiger partial charge on any atom is 0.186 e. The van der Waals surface area contributed by atoms with Crippen molar-refractivity contribution >= 4 is 45.0 Å². The molecule has 1 aliphatic carbocycles. The van der Waals surface area contributed by atoms with Crippen LogP contribution in [0.2, 0.25) is 0 Å². The van der Waals surface area contributed by atoms with E-state index in [0.717, 1.165) is 4.47 Å². The molecule has 41 heavy (non-hydrogen) atoms. The number of halogens is 2. The Bertz CT molecular complexity index is 1760. The molecule has 2 heterocycles. The Kier molecular flexibility index (Phi) is 5.84. The third-order valence-corrected chi connectivity index (χ3v) is 9.15. The van der Waals surface area contributed by atoms with E-state index >= 15 is 0 Å². The minimum Gasteiger partial charge on any atom is -0.497 e. The summed E-state index contributed by atoms with van der Waals surface area (Å²) >= 11 is 3.49. The van der Waals surface area contributed by atoms with Crippen LogP contribution in [0.3, 0.4) is 0 Å². The van der Waals surface area contributed by atoms with E-state index in [1.165, 1.54) is 19.2 Å². The Morgan fingerprint density at radius 2 is 1.61 bits per heavy atom. The van der Waals surface area contributed by atoms with Crippen molar-refractivity contribution in [1.82, 2.24) is 0 Å². The number of carbonyl (C=O) groups excluding carboxylic acids is 3. The largest absolute Gasteiger partial charge is 0.497 e. The van der Waals surface area contributed by atoms with Crippen LogP contribution in [0.1, 0.15) is 48.1 Å². The van der Waals surface area contributed by atoms with Gasteiger partial charge in [-0.05, 0) is 48.0 Å². The molecule has 0 radical (unpaired) electrons. The second kappa shape index (κ2) is 9.35. The predicted molar refractivity (Wildman–Crippen MR) is 157 cm³/mol. The lowest BCUT2D eigenvalue weighted by Gasteiger charge is -2.37. The molecule has 0 amide bonds. The molecule has 5 nitrogen and oxygen atoms in total. The van der Waals surface area contributed by atoms with Crippen molar-refractivity contribution in [3.05, 3.63) is 135 Å². The van der Waals surface area contributed by atoms with Gasteiger partial charge in [-0.1, -0.05) is 76.6 Å². The van der Waals surface area contributed by atoms with E-state index in [4.69, 9.17) is 4.74 Å². The Labute approximate surface area is 244 Å². The van der Waals surface area contributed by atoms with Crippen LogP contribution in [0.5, 0.6) is 5.75 Å². The molecule has 0 bridgehead atoms. The van der Waals surface area contributed by atoms with Gasteiger partial charge in [-0.25, -0.2) is 4.39 Å². The summed E-state index contributed by atoms with van der Waals surface area (Å²) in [5, 5.41) is 0. The van der Waals surface area contributed by atoms with Gasteiger partial charge in [-0.3, -0.25) is 14.4 Å². The maximum absolute atomic E-state index is 14.7. The molecule has 3 atom stereocenters. The highest BCUT2D eigenvalue weighted by Crippen LogP contribution is 2.61. The summed E-state index contributed by atoms with van der Waals surface area (Å²) in [6.45, 7) is 0. The van der Waals surface area contributed by atoms with Crippen molar-refractivity contribution in [1.29, 1.82) is 0 Å². The molecule has 202 valence electrons. The number of rotatable bonds is 4. The number of benzene rings is 4. The van der Waals surface area contributed by atoms with Crippen LogP contribution in [0, 0.1) is 11.2 Å². The summed E-state index contributed by atoms with van der Waals surface area (Å²) in [6.07, 6.45) is 3.54. The number of anilines is 1. The monoisotopic (exact) mass is 607 g/mol. The summed E-state index contributed by atoms with van der Waals surface area (Å²) in [5.74, 6) is -1.62. The van der Waals surface area contributed by atoms with Crippen molar-refractivity contribution in [2.24, 2.45) is 5.41 Å². The molecule has 4 aromatic rings. The molecule has 1 fully saturated rings. The summed E-state index contributed by atoms with van der Waals surface area (Å²) in [7, 11) is 1.53. The lowest BCUT2D eigenvalue weighted by atomic mass is 9.64. The molecule has 0 aromatic heterocycles. The minimum absolute atomic E-state index is 0.263. The highest BCUT2D eigenvalue weighted by atomic mass is 79.9. The van der Waals surface area contributed by atoms with Crippen LogP contribution < -0.4 is 9.64 Å². The van der Waals surface area contributed by atoms with Crippen LogP contribution in [-0.2, 0) is 0 Å². The number of methoxy groups -OCH3 is 1. The van der Waals surface area contributed by atoms with Crippen LogP contribution in [0.25, 0.3) is 6.08 Å². The van der Waals surface area contributed by atoms with Crippen LogP contribution in [-0.4, -0.2) is 36.5 Å². The number of fused-ring (bicyclic) bond motifs is 5. The summed E-state index contributed by atoms with van der Waals surface area (Å²) in [5.41, 5.74) is 1.35. The molecule has 0 saturated carbocycles. The van der Waals surface area contributed by atoms with Crippen LogP contribution in [0.15, 0.2) is 102 Å². The second-order valence-corrected chi connectivity index (χ2v) is 11.5. The molecule has 1 saturated heterocycles. The minimum atomic E-state index is -1.61. The van der Waals surface area contributed by atoms with Gasteiger partial charge in [0, 0.05) is 38.3 Å². The third-order valence-electron chi connectivity index (χ3n) is 8.62. The third kappa shape index (κ3) is 3.55. The molecule has 1 spiro atoms. The highest BCUT2D eigenvalue weighted by molar-refractivity contribution is 9.10. The van der Waals surface area contributed by atoms with Gasteiger partial charge < -0.3 is 9.64 Å². The number of hydrogen-bond acceptors (Lipinski definition) is 5. The number of ether oxygens (including phenoxy) is 1. The number of Topliss-reactive ketones (excluding diaryl/α,β-unsaturated/α-hetero) is 3. The first-order valence-electron chi connectivity index (χ1n) is 13.2. The van der Waals surface area contributed by atoms with Crippen molar-refractivity contribution < 1.29 is 23.5 Å². The molecule has 2 aliphatic heterocycles. The van der Waals surface area contributed by atoms with Gasteiger partial charge in [-0.15, -0.1) is 0 Å². The van der Waals surface area contributed by atoms with E-state index in [1.54, 1.807) is 66.7 Å². The van der Waals surface area contributed by atoms with Crippen molar-refractivity contribution in [3.8, 4) is 5.75 Å². The average Bonchev–Trinajstić information content (AvgIpc) is 3.43. The van der Waals surface area contributed by atoms with Crippen LogP contribution >= 0.6 is 15.9 Å². The molecular weight excluding hydrogens is 585 g/mol. The summed E-state index contributed by atoms with van der Waals surface area (Å²) < 4.78 is 20.6. The summed E-state index contributed by atoms with van der Waals surface area (Å²) in [4.78, 5) is 45.8. The molecular formula is C34H23BrFNO4. The van der Waals surface area contributed by atoms with Gasteiger partial charge in [0.15, 0.2) is 17.3 Å². The molecule has 0 N–H and O–H groups in total. The van der Waals surface area contributed by atoms with E-state index in [2.05, 4.69) is 15.9 Å². The Hall–Kier alpha value is -4.36. The molecule has 7 heteroatoms. The zero-order valence-corrected chi connectivity index (χ0v) is 23.5. The number of ketones is 3. The van der Waals surface area contributed by atoms with E-state index < -0.39 is 29.2 Å². The van der Waals surface area contributed by atoms with E-state index in [-0.39, 0.29) is 17.3 Å². The quantitative estimate of drug-likeness (QED) is 0.186. The standard InChI is InChI=1S/C34H23BrFNO4/c1-41-24-6-4-5-21(18-24)31(38)30-29(19-9-12-22(35)13-10-19)34(32(39)25-7-2-3-8-26(25)33(34)40)28-16-11-20-17-23(36)14-15-27(20)37(28)30/h2-18,28-30H,1H3/t28?,29-,30+/m0/s1. The smallest absolute Gasteiger partial charge is 0.186 e. The van der Waals surface area contributed by atoms with Gasteiger partial charge in [0.25, 0.3) is 0 Å². The SMILES string of the molecule is COc1cccc(C(=O)[C@H]2[C@H](c3ccc(Br)cc3)C3(C(=O)c4ccccc4C3=O)C3C=Cc4cc(F)ccc4N32)c1. The average molecular weight is 608 g/mol. The first-order chi connectivity index (χ1) is 19.9. The second-order valence-electron chi connectivity index (χ2n) is 10.6. The Morgan fingerprint density at radius 3 is 2.29 bits per heavy atom. The molecule has 3 aliphatic rings. The van der Waals surface area contributed by atoms with Gasteiger partial charge >= 0.3 is 0 Å². The summed E-state index contributed by atoms with van der Waals surface area (Å²) in [6, 6.07) is 23.8. The Morgan fingerprint density at radius 1 is 0.902 bits per heavy atom. The first kappa shape index (κ1) is 25.6. The number of hydrogen-bond donors (Lipinski definition) is 0. The van der Waals surface area contributed by atoms with E-state index in [9.17, 15) is 18.8 Å². The molecule has 1 unspecified atom stereocenters. The van der Waals surface area contributed by atoms with Crippen molar-refractivity contribution in [2.45, 2.75) is 18.0 Å². The van der Waals surface area contributed by atoms with Gasteiger partial charge in [-0.2, -0.15) is 0 Å². The molecule has 4 aromatic carbocycles. The fourth-order valence-corrected chi connectivity index (χ4v) is 7.20. The fraction of sp³-hybridized carbons (Fsp3) is 0.147. The first-order valence-corrected chi connectivity index (χ1v) is 14.0. The lowest BCUT2D eigenvalue weighted by molar-refractivity contribution is 0.0666. The van der Waals surface area contributed by atoms with Gasteiger partial charge in [0.05, 0.1) is 13.2 Å². The number of carbonyl (C=O) groups is 3. The zero-order valence-electron chi connectivity index (χ0n) is 21.9. The van der Waals surface area contributed by atoms with Crippen LogP contribution in [0.4, 0.5) is 10.1 Å². The zero-order chi connectivity index (χ0) is 28.5. The van der Waals surface area contributed by atoms with Crippen molar-refractivity contribution in [3.63, 3.8) is 0 Å². The topological polar surface area (TPSA) is 63.7 Å².